The number of aryl methyl sites for hydroxylation is 1. The van der Waals surface area contributed by atoms with Gasteiger partial charge in [0, 0.05) is 18.4 Å². The number of amides is 1. The zero-order valence-electron chi connectivity index (χ0n) is 13.1. The van der Waals surface area contributed by atoms with Crippen LogP contribution in [0.3, 0.4) is 0 Å². The zero-order valence-corrected chi connectivity index (χ0v) is 13.1. The molecule has 5 heteroatoms. The Morgan fingerprint density at radius 1 is 1.22 bits per heavy atom. The largest absolute Gasteiger partial charge is 0.352 e. The van der Waals surface area contributed by atoms with E-state index in [0.29, 0.717) is 30.8 Å². The van der Waals surface area contributed by atoms with Gasteiger partial charge in [-0.3, -0.25) is 9.48 Å². The Morgan fingerprint density at radius 2 is 2.04 bits per heavy atom. The first-order chi connectivity index (χ1) is 11.3. The van der Waals surface area contributed by atoms with E-state index in [-0.39, 0.29) is 5.91 Å². The maximum atomic E-state index is 12.3. The second kappa shape index (κ2) is 6.14. The van der Waals surface area contributed by atoms with E-state index < -0.39 is 0 Å². The standard InChI is InChI=1S/C18H22N4O/c23-16(9-10-22-12-19-11-20-22)21-18-15-8-4-7-14(15)17(18)13-5-2-1-3-6-13/h1-3,5-6,11-12,14-15,17-18H,4,7-10H2,(H,21,23)/t14-,15-,17-,18-/m1/s1. The summed E-state index contributed by atoms with van der Waals surface area (Å²) < 4.78 is 1.70. The molecule has 23 heavy (non-hydrogen) atoms. The summed E-state index contributed by atoms with van der Waals surface area (Å²) in [6, 6.07) is 11.0. The first-order valence-corrected chi connectivity index (χ1v) is 8.49. The van der Waals surface area contributed by atoms with Crippen LogP contribution in [-0.4, -0.2) is 26.7 Å². The molecule has 1 aromatic carbocycles. The predicted molar refractivity (Wildman–Crippen MR) is 86.6 cm³/mol. The number of hydrogen-bond donors (Lipinski definition) is 1. The molecule has 2 saturated carbocycles. The van der Waals surface area contributed by atoms with Gasteiger partial charge in [-0.2, -0.15) is 5.10 Å². The highest BCUT2D eigenvalue weighted by Gasteiger charge is 2.53. The molecule has 2 fully saturated rings. The van der Waals surface area contributed by atoms with Crippen LogP contribution in [0.25, 0.3) is 0 Å². The highest BCUT2D eigenvalue weighted by Crippen LogP contribution is 2.55. The fourth-order valence-corrected chi connectivity index (χ4v) is 4.45. The minimum Gasteiger partial charge on any atom is -0.352 e. The van der Waals surface area contributed by atoms with E-state index in [2.05, 4.69) is 45.7 Å². The summed E-state index contributed by atoms with van der Waals surface area (Å²) in [5, 5.41) is 7.34. The molecule has 5 nitrogen and oxygen atoms in total. The van der Waals surface area contributed by atoms with Crippen molar-refractivity contribution in [1.29, 1.82) is 0 Å². The van der Waals surface area contributed by atoms with Crippen molar-refractivity contribution in [2.45, 2.75) is 44.2 Å². The fourth-order valence-electron chi connectivity index (χ4n) is 4.45. The van der Waals surface area contributed by atoms with Gasteiger partial charge in [0.2, 0.25) is 5.91 Å². The molecule has 0 saturated heterocycles. The molecule has 2 aliphatic carbocycles. The van der Waals surface area contributed by atoms with Crippen molar-refractivity contribution in [3.8, 4) is 0 Å². The summed E-state index contributed by atoms with van der Waals surface area (Å²) in [4.78, 5) is 16.2. The quantitative estimate of drug-likeness (QED) is 0.922. The monoisotopic (exact) mass is 310 g/mol. The number of rotatable bonds is 5. The Hall–Kier alpha value is -2.17. The summed E-state index contributed by atoms with van der Waals surface area (Å²) in [5.41, 5.74) is 1.37. The van der Waals surface area contributed by atoms with Gasteiger partial charge < -0.3 is 5.32 Å². The third-order valence-corrected chi connectivity index (χ3v) is 5.48. The highest BCUT2D eigenvalue weighted by atomic mass is 16.1. The molecule has 0 spiro atoms. The fraction of sp³-hybridized carbons (Fsp3) is 0.500. The zero-order chi connectivity index (χ0) is 15.6. The Labute approximate surface area is 136 Å². The van der Waals surface area contributed by atoms with Gasteiger partial charge in [0.25, 0.3) is 0 Å². The summed E-state index contributed by atoms with van der Waals surface area (Å²) in [6.07, 6.45) is 7.45. The molecular weight excluding hydrogens is 288 g/mol. The van der Waals surface area contributed by atoms with Crippen LogP contribution in [0.15, 0.2) is 43.0 Å². The lowest BCUT2D eigenvalue weighted by atomic mass is 9.60. The van der Waals surface area contributed by atoms with Gasteiger partial charge in [-0.05, 0) is 30.2 Å². The molecule has 1 amide bonds. The van der Waals surface area contributed by atoms with E-state index in [1.165, 1.54) is 31.2 Å². The van der Waals surface area contributed by atoms with E-state index in [1.54, 1.807) is 11.0 Å². The predicted octanol–water partition coefficient (Wildman–Crippen LogP) is 2.37. The van der Waals surface area contributed by atoms with Gasteiger partial charge in [0.1, 0.15) is 12.7 Å². The van der Waals surface area contributed by atoms with E-state index in [1.807, 2.05) is 0 Å². The maximum Gasteiger partial charge on any atom is 0.222 e. The number of carbonyl (C=O) groups excluding carboxylic acids is 1. The lowest BCUT2D eigenvalue weighted by molar-refractivity contribution is -0.124. The van der Waals surface area contributed by atoms with E-state index >= 15 is 0 Å². The average molecular weight is 310 g/mol. The molecule has 1 N–H and O–H groups in total. The minimum atomic E-state index is 0.122. The first-order valence-electron chi connectivity index (χ1n) is 8.49. The van der Waals surface area contributed by atoms with Crippen LogP contribution in [-0.2, 0) is 11.3 Å². The SMILES string of the molecule is O=C(CCn1cncn1)N[C@@H]1[C@@H]2CCC[C@H]2[C@H]1c1ccccc1. The van der Waals surface area contributed by atoms with E-state index in [4.69, 9.17) is 0 Å². The Balaban J connectivity index is 1.41. The van der Waals surface area contributed by atoms with Crippen LogP contribution < -0.4 is 5.32 Å². The van der Waals surface area contributed by atoms with Crippen LogP contribution in [0.2, 0.25) is 0 Å². The van der Waals surface area contributed by atoms with Crippen molar-refractivity contribution in [2.24, 2.45) is 11.8 Å². The van der Waals surface area contributed by atoms with Crippen molar-refractivity contribution in [3.05, 3.63) is 48.5 Å². The topological polar surface area (TPSA) is 59.8 Å². The smallest absolute Gasteiger partial charge is 0.222 e. The summed E-state index contributed by atoms with van der Waals surface area (Å²) >= 11 is 0. The third kappa shape index (κ3) is 2.76. The summed E-state index contributed by atoms with van der Waals surface area (Å²) in [6.45, 7) is 0.586. The van der Waals surface area contributed by atoms with Crippen molar-refractivity contribution >= 4 is 5.91 Å². The van der Waals surface area contributed by atoms with E-state index in [9.17, 15) is 4.79 Å². The highest BCUT2D eigenvalue weighted by molar-refractivity contribution is 5.76. The Bertz CT molecular complexity index is 655. The van der Waals surface area contributed by atoms with Crippen LogP contribution in [0.1, 0.15) is 37.2 Å². The molecule has 0 aliphatic heterocycles. The van der Waals surface area contributed by atoms with Crippen LogP contribution in [0.4, 0.5) is 0 Å². The first kappa shape index (κ1) is 14.4. The number of benzene rings is 1. The molecule has 1 aromatic heterocycles. The molecule has 0 unspecified atom stereocenters. The van der Waals surface area contributed by atoms with Gasteiger partial charge in [0.05, 0.1) is 6.54 Å². The molecule has 0 bridgehead atoms. The lowest BCUT2D eigenvalue weighted by Gasteiger charge is -2.49. The van der Waals surface area contributed by atoms with Gasteiger partial charge >= 0.3 is 0 Å². The molecule has 4 atom stereocenters. The van der Waals surface area contributed by atoms with Crippen molar-refractivity contribution in [1.82, 2.24) is 20.1 Å². The molecule has 0 radical (unpaired) electrons. The van der Waals surface area contributed by atoms with E-state index in [0.717, 1.165) is 5.92 Å². The number of nitrogens with one attached hydrogen (secondary N) is 1. The summed E-state index contributed by atoms with van der Waals surface area (Å²) in [5.74, 6) is 2.02. The average Bonchev–Trinajstić information content (AvgIpc) is 3.22. The van der Waals surface area contributed by atoms with Crippen LogP contribution in [0, 0.1) is 11.8 Å². The number of fused-ring (bicyclic) bond motifs is 1. The van der Waals surface area contributed by atoms with Crippen molar-refractivity contribution < 1.29 is 4.79 Å². The van der Waals surface area contributed by atoms with Gasteiger partial charge in [-0.25, -0.2) is 4.98 Å². The van der Waals surface area contributed by atoms with Crippen LogP contribution >= 0.6 is 0 Å². The Kier molecular flexibility index (Phi) is 3.85. The molecule has 4 rings (SSSR count). The number of hydrogen-bond acceptors (Lipinski definition) is 3. The minimum absolute atomic E-state index is 0.122. The second-order valence-electron chi connectivity index (χ2n) is 6.70. The van der Waals surface area contributed by atoms with Crippen LogP contribution in [0.5, 0.6) is 0 Å². The third-order valence-electron chi connectivity index (χ3n) is 5.48. The van der Waals surface area contributed by atoms with Crippen molar-refractivity contribution in [3.63, 3.8) is 0 Å². The van der Waals surface area contributed by atoms with Crippen molar-refractivity contribution in [2.75, 3.05) is 0 Å². The molecular formula is C18H22N4O. The molecule has 1 heterocycles. The molecule has 2 aliphatic rings. The molecule has 120 valence electrons. The number of nitrogens with zero attached hydrogens (tertiary/aromatic N) is 3. The normalized spacial score (nSPS) is 28.9. The molecule has 2 aromatic rings. The van der Waals surface area contributed by atoms with Gasteiger partial charge in [-0.1, -0.05) is 36.8 Å². The van der Waals surface area contributed by atoms with Gasteiger partial charge in [-0.15, -0.1) is 0 Å². The summed E-state index contributed by atoms with van der Waals surface area (Å²) in [7, 11) is 0. The number of aromatic nitrogens is 3. The number of carbonyl (C=O) groups is 1. The second-order valence-corrected chi connectivity index (χ2v) is 6.70. The Morgan fingerprint density at radius 3 is 2.83 bits per heavy atom. The lowest BCUT2D eigenvalue weighted by Crippen LogP contribution is -2.56. The maximum absolute atomic E-state index is 12.3. The van der Waals surface area contributed by atoms with Gasteiger partial charge in [0.15, 0.2) is 0 Å².